The molecule has 130 valence electrons. The van der Waals surface area contributed by atoms with Crippen LogP contribution in [-0.4, -0.2) is 40.5 Å². The standard InChI is InChI=1S/C18H23ClN2O3/c1-2-15(11-3-5-12(19)6-4-11)20-17(22)10-21-13-7-8-16(21)14(9-13)18(23)24/h3-6,13-16H,2,7-10H2,1H3,(H,20,22)(H,23,24). The molecule has 0 aliphatic carbocycles. The van der Waals surface area contributed by atoms with Gasteiger partial charge >= 0.3 is 5.97 Å². The first-order valence-corrected chi connectivity index (χ1v) is 8.90. The summed E-state index contributed by atoms with van der Waals surface area (Å²) < 4.78 is 0. The number of nitrogens with one attached hydrogen (secondary N) is 1. The van der Waals surface area contributed by atoms with Crippen LogP contribution >= 0.6 is 11.6 Å². The number of halogens is 1. The first-order chi connectivity index (χ1) is 11.5. The summed E-state index contributed by atoms with van der Waals surface area (Å²) >= 11 is 5.91. The number of benzene rings is 1. The molecular weight excluding hydrogens is 328 g/mol. The van der Waals surface area contributed by atoms with E-state index in [-0.39, 0.29) is 36.5 Å². The predicted octanol–water partition coefficient (Wildman–Crippen LogP) is 2.84. The van der Waals surface area contributed by atoms with E-state index in [4.69, 9.17) is 11.6 Å². The molecule has 1 amide bonds. The van der Waals surface area contributed by atoms with Crippen LogP contribution in [0.25, 0.3) is 0 Å². The van der Waals surface area contributed by atoms with Gasteiger partial charge < -0.3 is 10.4 Å². The van der Waals surface area contributed by atoms with Crippen LogP contribution in [0.4, 0.5) is 0 Å². The quantitative estimate of drug-likeness (QED) is 0.827. The molecule has 0 saturated carbocycles. The van der Waals surface area contributed by atoms with Crippen LogP contribution < -0.4 is 5.32 Å². The average Bonchev–Trinajstić information content (AvgIpc) is 3.10. The third-order valence-corrected chi connectivity index (χ3v) is 5.59. The second kappa shape index (κ2) is 7.11. The molecule has 2 heterocycles. The number of hydrogen-bond donors (Lipinski definition) is 2. The van der Waals surface area contributed by atoms with Crippen molar-refractivity contribution in [3.63, 3.8) is 0 Å². The summed E-state index contributed by atoms with van der Waals surface area (Å²) in [5, 5.41) is 13.0. The van der Waals surface area contributed by atoms with Crippen LogP contribution in [0.1, 0.15) is 44.2 Å². The number of amides is 1. The Balaban J connectivity index is 1.61. The van der Waals surface area contributed by atoms with E-state index in [9.17, 15) is 14.7 Å². The monoisotopic (exact) mass is 350 g/mol. The normalized spacial score (nSPS) is 27.2. The van der Waals surface area contributed by atoms with Crippen LogP contribution in [0, 0.1) is 5.92 Å². The van der Waals surface area contributed by atoms with E-state index in [0.29, 0.717) is 11.4 Å². The Morgan fingerprint density at radius 3 is 2.62 bits per heavy atom. The third kappa shape index (κ3) is 3.42. The highest BCUT2D eigenvalue weighted by molar-refractivity contribution is 6.30. The van der Waals surface area contributed by atoms with Gasteiger partial charge in [0.2, 0.25) is 5.91 Å². The van der Waals surface area contributed by atoms with Gasteiger partial charge in [-0.1, -0.05) is 30.7 Å². The molecule has 6 heteroatoms. The minimum absolute atomic E-state index is 0.00820. The van der Waals surface area contributed by atoms with Gasteiger partial charge in [-0.3, -0.25) is 14.5 Å². The number of nitrogens with zero attached hydrogens (tertiary/aromatic N) is 1. The molecule has 2 fully saturated rings. The van der Waals surface area contributed by atoms with Crippen molar-refractivity contribution in [1.29, 1.82) is 0 Å². The molecule has 1 aromatic rings. The number of carbonyl (C=O) groups is 2. The van der Waals surface area contributed by atoms with Crippen LogP contribution in [0.15, 0.2) is 24.3 Å². The molecule has 2 aliphatic heterocycles. The summed E-state index contributed by atoms with van der Waals surface area (Å²) in [4.78, 5) is 25.9. The molecule has 2 N–H and O–H groups in total. The summed E-state index contributed by atoms with van der Waals surface area (Å²) in [5.41, 5.74) is 1.03. The van der Waals surface area contributed by atoms with Crippen molar-refractivity contribution < 1.29 is 14.7 Å². The Bertz CT molecular complexity index is 619. The van der Waals surface area contributed by atoms with Gasteiger partial charge in [0.25, 0.3) is 0 Å². The number of carboxylic acids is 1. The van der Waals surface area contributed by atoms with Gasteiger partial charge in [-0.25, -0.2) is 0 Å². The zero-order valence-corrected chi connectivity index (χ0v) is 14.5. The van der Waals surface area contributed by atoms with Crippen molar-refractivity contribution in [2.45, 2.75) is 50.7 Å². The number of carboxylic acid groups (broad SMARTS) is 1. The summed E-state index contributed by atoms with van der Waals surface area (Å²) in [5.74, 6) is -1.10. The van der Waals surface area contributed by atoms with Gasteiger partial charge in [-0.2, -0.15) is 0 Å². The zero-order chi connectivity index (χ0) is 17.3. The summed E-state index contributed by atoms with van der Waals surface area (Å²) in [7, 11) is 0. The number of fused-ring (bicyclic) bond motifs is 2. The molecule has 5 nitrogen and oxygen atoms in total. The molecule has 2 saturated heterocycles. The Hall–Kier alpha value is -1.59. The average molecular weight is 351 g/mol. The molecule has 4 atom stereocenters. The SMILES string of the molecule is CCC(NC(=O)CN1C2CCC1C(C(=O)O)C2)c1ccc(Cl)cc1. The molecule has 1 aromatic carbocycles. The molecule has 3 rings (SSSR count). The van der Waals surface area contributed by atoms with Crippen molar-refractivity contribution in [2.75, 3.05) is 6.54 Å². The summed E-state index contributed by atoms with van der Waals surface area (Å²) in [6.07, 6.45) is 3.33. The minimum atomic E-state index is -0.736. The van der Waals surface area contributed by atoms with Crippen molar-refractivity contribution in [1.82, 2.24) is 10.2 Å². The van der Waals surface area contributed by atoms with Crippen molar-refractivity contribution in [3.05, 3.63) is 34.9 Å². The number of rotatable bonds is 6. The van der Waals surface area contributed by atoms with Gasteiger partial charge in [-0.05, 0) is 43.4 Å². The lowest BCUT2D eigenvalue weighted by atomic mass is 9.89. The Kier molecular flexibility index (Phi) is 5.11. The van der Waals surface area contributed by atoms with Gasteiger partial charge in [0, 0.05) is 17.1 Å². The largest absolute Gasteiger partial charge is 0.481 e. The minimum Gasteiger partial charge on any atom is -0.481 e. The summed E-state index contributed by atoms with van der Waals surface area (Å²) in [6, 6.07) is 7.69. The first kappa shape index (κ1) is 17.2. The van der Waals surface area contributed by atoms with Gasteiger partial charge in [0.1, 0.15) is 0 Å². The van der Waals surface area contributed by atoms with Crippen molar-refractivity contribution in [3.8, 4) is 0 Å². The van der Waals surface area contributed by atoms with Crippen LogP contribution in [0.3, 0.4) is 0 Å². The fourth-order valence-corrected chi connectivity index (χ4v) is 4.26. The van der Waals surface area contributed by atoms with Crippen LogP contribution in [0.2, 0.25) is 5.02 Å². The second-order valence-corrected chi connectivity index (χ2v) is 7.17. The van der Waals surface area contributed by atoms with Crippen LogP contribution in [0.5, 0.6) is 0 Å². The molecule has 2 aliphatic rings. The molecule has 0 radical (unpaired) electrons. The lowest BCUT2D eigenvalue weighted by Gasteiger charge is -2.24. The fourth-order valence-electron chi connectivity index (χ4n) is 4.14. The highest BCUT2D eigenvalue weighted by Gasteiger charge is 2.49. The Morgan fingerprint density at radius 1 is 1.33 bits per heavy atom. The molecular formula is C18H23ClN2O3. The van der Waals surface area contributed by atoms with E-state index in [1.165, 1.54) is 0 Å². The fraction of sp³-hybridized carbons (Fsp3) is 0.556. The van der Waals surface area contributed by atoms with E-state index >= 15 is 0 Å². The van der Waals surface area contributed by atoms with Crippen LogP contribution in [-0.2, 0) is 9.59 Å². The first-order valence-electron chi connectivity index (χ1n) is 8.53. The second-order valence-electron chi connectivity index (χ2n) is 6.73. The van der Waals surface area contributed by atoms with E-state index in [0.717, 1.165) is 24.8 Å². The highest BCUT2D eigenvalue weighted by atomic mass is 35.5. The highest BCUT2D eigenvalue weighted by Crippen LogP contribution is 2.41. The summed E-state index contributed by atoms with van der Waals surface area (Å²) in [6.45, 7) is 2.31. The van der Waals surface area contributed by atoms with E-state index in [1.54, 1.807) is 0 Å². The molecule has 0 spiro atoms. The van der Waals surface area contributed by atoms with Gasteiger partial charge in [0.05, 0.1) is 18.5 Å². The van der Waals surface area contributed by atoms with Gasteiger partial charge in [0.15, 0.2) is 0 Å². The topological polar surface area (TPSA) is 69.6 Å². The maximum atomic E-state index is 12.5. The van der Waals surface area contributed by atoms with E-state index < -0.39 is 5.97 Å². The number of aliphatic carboxylic acids is 1. The van der Waals surface area contributed by atoms with Crippen molar-refractivity contribution >= 4 is 23.5 Å². The number of carbonyl (C=O) groups excluding carboxylic acids is 1. The maximum absolute atomic E-state index is 12.5. The third-order valence-electron chi connectivity index (χ3n) is 5.34. The Labute approximate surface area is 147 Å². The van der Waals surface area contributed by atoms with Crippen molar-refractivity contribution in [2.24, 2.45) is 5.92 Å². The smallest absolute Gasteiger partial charge is 0.308 e. The van der Waals surface area contributed by atoms with E-state index in [1.807, 2.05) is 31.2 Å². The van der Waals surface area contributed by atoms with Gasteiger partial charge in [-0.15, -0.1) is 0 Å². The zero-order valence-electron chi connectivity index (χ0n) is 13.7. The maximum Gasteiger partial charge on any atom is 0.308 e. The number of hydrogen-bond acceptors (Lipinski definition) is 3. The predicted molar refractivity (Wildman–Crippen MR) is 91.9 cm³/mol. The molecule has 24 heavy (non-hydrogen) atoms. The molecule has 0 aromatic heterocycles. The lowest BCUT2D eigenvalue weighted by molar-refractivity contribution is -0.143. The molecule has 2 bridgehead atoms. The molecule has 4 unspecified atom stereocenters. The lowest BCUT2D eigenvalue weighted by Crippen LogP contribution is -2.42. The van der Waals surface area contributed by atoms with E-state index in [2.05, 4.69) is 10.2 Å². The Morgan fingerprint density at radius 2 is 2.04 bits per heavy atom.